The maximum absolute atomic E-state index is 12.6. The lowest BCUT2D eigenvalue weighted by atomic mass is 10.1. The minimum Gasteiger partial charge on any atom is -0.481 e. The van der Waals surface area contributed by atoms with Crippen molar-refractivity contribution in [2.45, 2.75) is 16.4 Å². The van der Waals surface area contributed by atoms with Gasteiger partial charge in [-0.3, -0.25) is 4.79 Å². The highest BCUT2D eigenvalue weighted by Gasteiger charge is 2.68. The lowest BCUT2D eigenvalue weighted by Crippen LogP contribution is -2.06. The van der Waals surface area contributed by atoms with Crippen molar-refractivity contribution >= 4 is 45.1 Å². The number of aliphatic carboxylic acids is 1. The van der Waals surface area contributed by atoms with E-state index in [1.165, 1.54) is 12.1 Å². The zero-order valence-electron chi connectivity index (χ0n) is 9.01. The van der Waals surface area contributed by atoms with E-state index >= 15 is 0 Å². The normalized spacial score (nSPS) is 25.2. The summed E-state index contributed by atoms with van der Waals surface area (Å²) in [5, 5.41) is 8.91. The van der Waals surface area contributed by atoms with Gasteiger partial charge in [-0.25, -0.2) is 0 Å². The first kappa shape index (κ1) is 14.9. The number of benzene rings is 1. The molecule has 1 N–H and O–H groups in total. The Morgan fingerprint density at radius 2 is 1.95 bits per heavy atom. The van der Waals surface area contributed by atoms with Gasteiger partial charge in [0.05, 0.1) is 11.5 Å². The zero-order chi connectivity index (χ0) is 14.6. The Morgan fingerprint density at radius 1 is 1.37 bits per heavy atom. The van der Waals surface area contributed by atoms with Gasteiger partial charge in [-0.05, 0) is 17.7 Å². The summed E-state index contributed by atoms with van der Waals surface area (Å²) in [6.45, 7) is 0. The Balaban J connectivity index is 2.35. The fraction of sp³-hybridized carbons (Fsp3) is 0.364. The summed E-state index contributed by atoms with van der Waals surface area (Å²) in [4.78, 5) is 10.9. The van der Waals surface area contributed by atoms with Crippen LogP contribution in [-0.4, -0.2) is 15.4 Å². The van der Waals surface area contributed by atoms with E-state index in [1.54, 1.807) is 0 Å². The van der Waals surface area contributed by atoms with Gasteiger partial charge >= 0.3 is 12.1 Å². The van der Waals surface area contributed by atoms with Crippen LogP contribution in [0.1, 0.15) is 17.0 Å². The topological polar surface area (TPSA) is 37.3 Å². The molecule has 0 aliphatic heterocycles. The predicted molar refractivity (Wildman–Crippen MR) is 67.4 cm³/mol. The molecule has 1 aromatic carbocycles. The largest absolute Gasteiger partial charge is 0.481 e. The molecule has 0 spiro atoms. The van der Waals surface area contributed by atoms with Gasteiger partial charge < -0.3 is 5.11 Å². The van der Waals surface area contributed by atoms with E-state index in [2.05, 4.69) is 15.9 Å². The quantitative estimate of drug-likeness (QED) is 0.773. The first-order valence-electron chi connectivity index (χ1n) is 5.04. The molecule has 0 radical (unpaired) electrons. The molecule has 0 amide bonds. The van der Waals surface area contributed by atoms with Crippen molar-refractivity contribution in [3.8, 4) is 0 Å². The standard InChI is InChI=1S/C11H6BrCl2F3O2/c12-6-3-4(1-2-5(6)11(15,16)17)7-8(9(18)19)10(7,13)14/h1-3,7-8H,(H,18,19)/t7-,8+/m0/s1. The van der Waals surface area contributed by atoms with Crippen LogP contribution in [0.25, 0.3) is 0 Å². The van der Waals surface area contributed by atoms with Crippen molar-refractivity contribution in [3.63, 3.8) is 0 Å². The van der Waals surface area contributed by atoms with Gasteiger partial charge in [-0.15, -0.1) is 0 Å². The lowest BCUT2D eigenvalue weighted by Gasteiger charge is -2.10. The third kappa shape index (κ3) is 2.58. The maximum atomic E-state index is 12.6. The Kier molecular flexibility index (Phi) is 3.56. The molecule has 0 heterocycles. The fourth-order valence-corrected chi connectivity index (χ4v) is 3.44. The highest BCUT2D eigenvalue weighted by molar-refractivity contribution is 9.10. The van der Waals surface area contributed by atoms with Crippen molar-refractivity contribution in [2.75, 3.05) is 0 Å². The molecular weight excluding hydrogens is 372 g/mol. The van der Waals surface area contributed by atoms with Crippen LogP contribution < -0.4 is 0 Å². The number of carbonyl (C=O) groups is 1. The molecular formula is C11H6BrCl2F3O2. The van der Waals surface area contributed by atoms with E-state index in [4.69, 9.17) is 28.3 Å². The van der Waals surface area contributed by atoms with Gasteiger partial charge in [0.2, 0.25) is 0 Å². The monoisotopic (exact) mass is 376 g/mol. The molecule has 2 atom stereocenters. The Labute approximate surface area is 124 Å². The number of halogens is 6. The highest BCUT2D eigenvalue weighted by atomic mass is 79.9. The van der Waals surface area contributed by atoms with E-state index in [0.717, 1.165) is 6.07 Å². The molecule has 1 aliphatic rings. The van der Waals surface area contributed by atoms with Gasteiger partial charge in [0.1, 0.15) is 4.33 Å². The second-order valence-corrected chi connectivity index (χ2v) is 6.50. The molecule has 0 unspecified atom stereocenters. The molecule has 104 valence electrons. The molecule has 8 heteroatoms. The predicted octanol–water partition coefficient (Wildman–Crippen LogP) is 4.44. The van der Waals surface area contributed by atoms with Gasteiger partial charge in [-0.2, -0.15) is 13.2 Å². The average Bonchev–Trinajstić information content (AvgIpc) is 2.79. The second-order valence-electron chi connectivity index (χ2n) is 4.21. The van der Waals surface area contributed by atoms with E-state index in [-0.39, 0.29) is 4.47 Å². The van der Waals surface area contributed by atoms with Gasteiger partial charge in [0.15, 0.2) is 0 Å². The van der Waals surface area contributed by atoms with E-state index in [1.807, 2.05) is 0 Å². The Hall–Kier alpha value is -0.460. The molecule has 1 fully saturated rings. The molecule has 1 aliphatic carbocycles. The van der Waals surface area contributed by atoms with Crippen molar-refractivity contribution in [1.29, 1.82) is 0 Å². The number of carboxylic acid groups (broad SMARTS) is 1. The Morgan fingerprint density at radius 3 is 2.32 bits per heavy atom. The lowest BCUT2D eigenvalue weighted by molar-refractivity contribution is -0.139. The zero-order valence-corrected chi connectivity index (χ0v) is 12.1. The van der Waals surface area contributed by atoms with Crippen LogP contribution in [0.4, 0.5) is 13.2 Å². The summed E-state index contributed by atoms with van der Waals surface area (Å²) in [6.07, 6.45) is -4.48. The molecule has 2 nitrogen and oxygen atoms in total. The van der Waals surface area contributed by atoms with E-state index in [0.29, 0.717) is 5.56 Å². The third-order valence-electron chi connectivity index (χ3n) is 2.98. The third-order valence-corrected chi connectivity index (χ3v) is 4.57. The molecule has 0 aromatic heterocycles. The molecule has 2 rings (SSSR count). The number of rotatable bonds is 2. The summed E-state index contributed by atoms with van der Waals surface area (Å²) in [6, 6.07) is 3.27. The summed E-state index contributed by atoms with van der Waals surface area (Å²) in [5.41, 5.74) is -0.476. The first-order chi connectivity index (χ1) is 8.56. The van der Waals surface area contributed by atoms with E-state index < -0.39 is 33.9 Å². The average molecular weight is 378 g/mol. The van der Waals surface area contributed by atoms with Crippen LogP contribution in [-0.2, 0) is 11.0 Å². The molecule has 19 heavy (non-hydrogen) atoms. The van der Waals surface area contributed by atoms with Crippen LogP contribution in [0, 0.1) is 5.92 Å². The number of hydrogen-bond donors (Lipinski definition) is 1. The molecule has 0 saturated heterocycles. The van der Waals surface area contributed by atoms with Crippen molar-refractivity contribution in [1.82, 2.24) is 0 Å². The van der Waals surface area contributed by atoms with Crippen LogP contribution in [0.15, 0.2) is 22.7 Å². The molecule has 1 saturated carbocycles. The van der Waals surface area contributed by atoms with Crippen molar-refractivity contribution < 1.29 is 23.1 Å². The van der Waals surface area contributed by atoms with Crippen molar-refractivity contribution in [2.24, 2.45) is 5.92 Å². The molecule has 1 aromatic rings. The van der Waals surface area contributed by atoms with Crippen LogP contribution in [0.3, 0.4) is 0 Å². The van der Waals surface area contributed by atoms with Gasteiger partial charge in [0.25, 0.3) is 0 Å². The molecule has 0 bridgehead atoms. The summed E-state index contributed by atoms with van der Waals surface area (Å²) in [7, 11) is 0. The smallest absolute Gasteiger partial charge is 0.417 e. The minimum atomic E-state index is -4.48. The van der Waals surface area contributed by atoms with Gasteiger partial charge in [-0.1, -0.05) is 45.2 Å². The van der Waals surface area contributed by atoms with Gasteiger partial charge in [0, 0.05) is 10.4 Å². The SMILES string of the molecule is O=C(O)[C@H]1[C@H](c2ccc(C(F)(F)F)c(Br)c2)C1(Cl)Cl. The maximum Gasteiger partial charge on any atom is 0.417 e. The summed E-state index contributed by atoms with van der Waals surface area (Å²) in [5.74, 6) is -2.91. The van der Waals surface area contributed by atoms with Crippen LogP contribution in [0.2, 0.25) is 0 Å². The fourth-order valence-electron chi connectivity index (χ4n) is 2.00. The number of alkyl halides is 5. The van der Waals surface area contributed by atoms with Crippen molar-refractivity contribution in [3.05, 3.63) is 33.8 Å². The minimum absolute atomic E-state index is 0.169. The highest BCUT2D eigenvalue weighted by Crippen LogP contribution is 2.65. The Bertz CT molecular complexity index is 545. The van der Waals surface area contributed by atoms with Crippen LogP contribution >= 0.6 is 39.1 Å². The summed E-state index contributed by atoms with van der Waals surface area (Å²) < 4.78 is 36.1. The van der Waals surface area contributed by atoms with E-state index in [9.17, 15) is 18.0 Å². The van der Waals surface area contributed by atoms with Crippen LogP contribution in [0.5, 0.6) is 0 Å². The second kappa shape index (κ2) is 4.53. The first-order valence-corrected chi connectivity index (χ1v) is 6.59. The number of hydrogen-bond acceptors (Lipinski definition) is 1. The number of carboxylic acids is 1. The summed E-state index contributed by atoms with van der Waals surface area (Å²) >= 11 is 14.5.